The van der Waals surface area contributed by atoms with E-state index in [2.05, 4.69) is 5.32 Å². The van der Waals surface area contributed by atoms with Crippen molar-refractivity contribution in [2.75, 3.05) is 5.32 Å². The number of carboxylic acids is 1. The average Bonchev–Trinajstić information content (AvgIpc) is 2.41. The fourth-order valence-electron chi connectivity index (χ4n) is 1.75. The van der Waals surface area contributed by atoms with Crippen molar-refractivity contribution in [1.82, 2.24) is 0 Å². The molecule has 0 unspecified atom stereocenters. The number of carboxylic acid groups (broad SMARTS) is 1. The Morgan fingerprint density at radius 2 is 2.00 bits per heavy atom. The summed E-state index contributed by atoms with van der Waals surface area (Å²) < 4.78 is 13.8. The number of aryl methyl sites for hydroxylation is 1. The van der Waals surface area contributed by atoms with Crippen LogP contribution >= 0.6 is 0 Å². The summed E-state index contributed by atoms with van der Waals surface area (Å²) in [6, 6.07) is 10.7. The van der Waals surface area contributed by atoms with E-state index in [0.29, 0.717) is 11.3 Å². The largest absolute Gasteiger partial charge is 0.478 e. The molecule has 0 aliphatic carbocycles. The van der Waals surface area contributed by atoms with Crippen molar-refractivity contribution in [3.05, 3.63) is 58.9 Å². The molecule has 20 heavy (non-hydrogen) atoms. The summed E-state index contributed by atoms with van der Waals surface area (Å²) in [7, 11) is 0. The summed E-state index contributed by atoms with van der Waals surface area (Å²) in [5.41, 5.74) is 1.79. The number of nitriles is 1. The van der Waals surface area contributed by atoms with Crippen molar-refractivity contribution in [3.8, 4) is 6.07 Å². The smallest absolute Gasteiger partial charge is 0.335 e. The molecule has 0 aliphatic rings. The third-order valence-electron chi connectivity index (χ3n) is 2.78. The number of nitrogens with zero attached hydrogens (tertiary/aromatic N) is 1. The zero-order valence-corrected chi connectivity index (χ0v) is 10.6. The molecule has 0 radical (unpaired) electrons. The number of anilines is 2. The highest BCUT2D eigenvalue weighted by molar-refractivity contribution is 5.88. The van der Waals surface area contributed by atoms with Gasteiger partial charge in [-0.2, -0.15) is 5.26 Å². The van der Waals surface area contributed by atoms with Crippen LogP contribution in [-0.2, 0) is 0 Å². The first-order chi connectivity index (χ1) is 9.51. The normalized spacial score (nSPS) is 9.85. The maximum atomic E-state index is 13.8. The molecule has 0 aromatic heterocycles. The van der Waals surface area contributed by atoms with Crippen molar-refractivity contribution < 1.29 is 14.3 Å². The van der Waals surface area contributed by atoms with Gasteiger partial charge in [0.05, 0.1) is 22.5 Å². The highest BCUT2D eigenvalue weighted by Crippen LogP contribution is 2.24. The molecule has 2 rings (SSSR count). The van der Waals surface area contributed by atoms with Crippen molar-refractivity contribution >= 4 is 17.3 Å². The lowest BCUT2D eigenvalue weighted by Crippen LogP contribution is -2.01. The minimum Gasteiger partial charge on any atom is -0.478 e. The van der Waals surface area contributed by atoms with Gasteiger partial charge in [0.25, 0.3) is 0 Å². The average molecular weight is 270 g/mol. The molecule has 0 bridgehead atoms. The number of rotatable bonds is 3. The van der Waals surface area contributed by atoms with Crippen LogP contribution < -0.4 is 5.32 Å². The second kappa shape index (κ2) is 5.41. The molecule has 0 atom stereocenters. The van der Waals surface area contributed by atoms with E-state index in [0.717, 1.165) is 11.6 Å². The zero-order valence-electron chi connectivity index (χ0n) is 10.6. The summed E-state index contributed by atoms with van der Waals surface area (Å²) >= 11 is 0. The molecule has 0 saturated carbocycles. The Morgan fingerprint density at radius 3 is 2.60 bits per heavy atom. The van der Waals surface area contributed by atoms with Crippen molar-refractivity contribution in [2.45, 2.75) is 6.92 Å². The van der Waals surface area contributed by atoms with Crippen LogP contribution in [0.5, 0.6) is 0 Å². The molecule has 0 amide bonds. The molecule has 0 spiro atoms. The SMILES string of the molecule is Cc1ccc(C#N)c(Nc2ccc(C(=O)O)cc2F)c1. The second-order valence-corrected chi connectivity index (χ2v) is 4.29. The monoisotopic (exact) mass is 270 g/mol. The maximum absolute atomic E-state index is 13.8. The van der Waals surface area contributed by atoms with Crippen LogP contribution in [0.25, 0.3) is 0 Å². The first-order valence-electron chi connectivity index (χ1n) is 5.82. The van der Waals surface area contributed by atoms with Gasteiger partial charge in [0.2, 0.25) is 0 Å². The Balaban J connectivity index is 2.38. The topological polar surface area (TPSA) is 73.1 Å². The van der Waals surface area contributed by atoms with Crippen molar-refractivity contribution in [3.63, 3.8) is 0 Å². The second-order valence-electron chi connectivity index (χ2n) is 4.29. The lowest BCUT2D eigenvalue weighted by atomic mass is 10.1. The predicted octanol–water partition coefficient (Wildman–Crippen LogP) is 3.45. The van der Waals surface area contributed by atoms with Gasteiger partial charge in [-0.3, -0.25) is 0 Å². The predicted molar refractivity (Wildman–Crippen MR) is 72.5 cm³/mol. The van der Waals surface area contributed by atoms with Gasteiger partial charge in [-0.15, -0.1) is 0 Å². The number of hydrogen-bond donors (Lipinski definition) is 2. The molecule has 2 N–H and O–H groups in total. The quantitative estimate of drug-likeness (QED) is 0.895. The van der Waals surface area contributed by atoms with Gasteiger partial charge in [-0.1, -0.05) is 6.07 Å². The Hall–Kier alpha value is -2.87. The molecular weight excluding hydrogens is 259 g/mol. The highest BCUT2D eigenvalue weighted by atomic mass is 19.1. The molecule has 0 aliphatic heterocycles. The zero-order chi connectivity index (χ0) is 14.7. The summed E-state index contributed by atoms with van der Waals surface area (Å²) in [4.78, 5) is 10.7. The van der Waals surface area contributed by atoms with Gasteiger partial charge in [-0.05, 0) is 42.8 Å². The van der Waals surface area contributed by atoms with Crippen LogP contribution in [0, 0.1) is 24.1 Å². The van der Waals surface area contributed by atoms with Crippen LogP contribution in [0.15, 0.2) is 36.4 Å². The summed E-state index contributed by atoms with van der Waals surface area (Å²) in [5.74, 6) is -1.88. The molecule has 100 valence electrons. The fraction of sp³-hybridized carbons (Fsp3) is 0.0667. The van der Waals surface area contributed by atoms with Crippen LogP contribution in [0.2, 0.25) is 0 Å². The first-order valence-corrected chi connectivity index (χ1v) is 5.82. The van der Waals surface area contributed by atoms with Gasteiger partial charge in [0.15, 0.2) is 0 Å². The van der Waals surface area contributed by atoms with Gasteiger partial charge in [0.1, 0.15) is 11.9 Å². The number of aromatic carboxylic acids is 1. The molecule has 0 saturated heterocycles. The van der Waals surface area contributed by atoms with Crippen molar-refractivity contribution in [2.24, 2.45) is 0 Å². The third kappa shape index (κ3) is 2.75. The lowest BCUT2D eigenvalue weighted by molar-refractivity contribution is 0.0696. The summed E-state index contributed by atoms with van der Waals surface area (Å²) in [6.07, 6.45) is 0. The van der Waals surface area contributed by atoms with Crippen LogP contribution in [0.4, 0.5) is 15.8 Å². The molecular formula is C15H11FN2O2. The molecule has 0 fully saturated rings. The Kier molecular flexibility index (Phi) is 3.67. The first kappa shape index (κ1) is 13.6. The minimum absolute atomic E-state index is 0.122. The molecule has 5 heteroatoms. The van der Waals surface area contributed by atoms with Crippen LogP contribution in [-0.4, -0.2) is 11.1 Å². The molecule has 0 heterocycles. The summed E-state index contributed by atoms with van der Waals surface area (Å²) in [5, 5.41) is 20.6. The van der Waals surface area contributed by atoms with E-state index >= 15 is 0 Å². The minimum atomic E-state index is -1.19. The Morgan fingerprint density at radius 1 is 1.25 bits per heavy atom. The van der Waals surface area contributed by atoms with E-state index in [1.807, 2.05) is 13.0 Å². The van der Waals surface area contributed by atoms with Gasteiger partial charge in [-0.25, -0.2) is 9.18 Å². The van der Waals surface area contributed by atoms with E-state index in [1.54, 1.807) is 18.2 Å². The van der Waals surface area contributed by atoms with E-state index in [-0.39, 0.29) is 11.3 Å². The number of benzene rings is 2. The van der Waals surface area contributed by atoms with Gasteiger partial charge < -0.3 is 10.4 Å². The van der Waals surface area contributed by atoms with Crippen LogP contribution in [0.3, 0.4) is 0 Å². The molecule has 4 nitrogen and oxygen atoms in total. The Labute approximate surface area is 115 Å². The van der Waals surface area contributed by atoms with E-state index in [9.17, 15) is 9.18 Å². The van der Waals surface area contributed by atoms with E-state index in [4.69, 9.17) is 10.4 Å². The summed E-state index contributed by atoms with van der Waals surface area (Å²) in [6.45, 7) is 1.86. The molecule has 2 aromatic rings. The van der Waals surface area contributed by atoms with E-state index < -0.39 is 11.8 Å². The Bertz CT molecular complexity index is 720. The number of hydrogen-bond acceptors (Lipinski definition) is 3. The number of halogens is 1. The lowest BCUT2D eigenvalue weighted by Gasteiger charge is -2.10. The standard InChI is InChI=1S/C15H11FN2O2/c1-9-2-3-11(8-17)14(6-9)18-13-5-4-10(15(19)20)7-12(13)16/h2-7,18H,1H3,(H,19,20). The number of nitrogens with one attached hydrogen (secondary N) is 1. The highest BCUT2D eigenvalue weighted by Gasteiger charge is 2.10. The van der Waals surface area contributed by atoms with Gasteiger partial charge >= 0.3 is 5.97 Å². The molecule has 2 aromatic carbocycles. The number of carbonyl (C=O) groups is 1. The fourth-order valence-corrected chi connectivity index (χ4v) is 1.75. The van der Waals surface area contributed by atoms with Crippen molar-refractivity contribution in [1.29, 1.82) is 5.26 Å². The maximum Gasteiger partial charge on any atom is 0.335 e. The third-order valence-corrected chi connectivity index (χ3v) is 2.78. The van der Waals surface area contributed by atoms with Gasteiger partial charge in [0, 0.05) is 0 Å². The van der Waals surface area contributed by atoms with Crippen LogP contribution in [0.1, 0.15) is 21.5 Å². The van der Waals surface area contributed by atoms with E-state index in [1.165, 1.54) is 12.1 Å².